The van der Waals surface area contributed by atoms with E-state index in [1.807, 2.05) is 4.90 Å². The summed E-state index contributed by atoms with van der Waals surface area (Å²) in [4.78, 5) is 52.0. The lowest BCUT2D eigenvalue weighted by Crippen LogP contribution is -2.55. The molecule has 0 aliphatic heterocycles. The number of carbonyl (C=O) groups is 4. The van der Waals surface area contributed by atoms with E-state index in [9.17, 15) is 29.4 Å². The summed E-state index contributed by atoms with van der Waals surface area (Å²) < 4.78 is 0. The molecule has 0 saturated heterocycles. The van der Waals surface area contributed by atoms with Crippen LogP contribution >= 0.6 is 23.2 Å². The molecule has 0 aromatic heterocycles. The van der Waals surface area contributed by atoms with Crippen LogP contribution in [0.1, 0.15) is 98.3 Å². The smallest absolute Gasteiger partial charge is 0.326 e. The van der Waals surface area contributed by atoms with Crippen LogP contribution in [0.25, 0.3) is 0 Å². The molecule has 5 atom stereocenters. The maximum Gasteiger partial charge on any atom is 0.326 e. The number of carboxylic acids is 2. The number of hydrogen-bond donors (Lipinski definition) is 3. The number of rotatable bonds is 9. The molecule has 2 amide bonds. The molecule has 222 valence electrons. The highest BCUT2D eigenvalue weighted by molar-refractivity contribution is 6.24. The van der Waals surface area contributed by atoms with Crippen LogP contribution in [0, 0.1) is 28.6 Å². The van der Waals surface area contributed by atoms with Crippen LogP contribution in [-0.4, -0.2) is 68.2 Å². The van der Waals surface area contributed by atoms with E-state index in [0.29, 0.717) is 32.2 Å². The van der Waals surface area contributed by atoms with Gasteiger partial charge in [0.05, 0.1) is 5.41 Å². The van der Waals surface area contributed by atoms with Gasteiger partial charge < -0.3 is 20.4 Å². The van der Waals surface area contributed by atoms with Crippen LogP contribution in [0.3, 0.4) is 0 Å². The Kier molecular flexibility index (Phi) is 10.6. The molecule has 0 spiro atoms. The van der Waals surface area contributed by atoms with E-state index < -0.39 is 34.7 Å². The van der Waals surface area contributed by atoms with E-state index in [2.05, 4.69) is 5.32 Å². The van der Waals surface area contributed by atoms with Crippen LogP contribution < -0.4 is 5.32 Å². The lowest BCUT2D eigenvalue weighted by molar-refractivity contribution is -0.166. The fourth-order valence-corrected chi connectivity index (χ4v) is 8.13. The summed E-state index contributed by atoms with van der Waals surface area (Å²) in [5.74, 6) is -2.79. The molecular weight excluding hydrogens is 543 g/mol. The third-order valence-electron chi connectivity index (χ3n) is 10.4. The summed E-state index contributed by atoms with van der Waals surface area (Å²) in [6, 6.07) is -0.962. The van der Waals surface area contributed by atoms with Gasteiger partial charge in [0.25, 0.3) is 0 Å². The topological polar surface area (TPSA) is 124 Å². The molecule has 8 nitrogen and oxygen atoms in total. The first-order valence-electron chi connectivity index (χ1n) is 14.5. The monoisotopic (exact) mass is 588 g/mol. The molecule has 3 rings (SSSR count). The Bertz CT molecular complexity index is 911. The van der Waals surface area contributed by atoms with Crippen molar-refractivity contribution in [1.82, 2.24) is 10.2 Å². The van der Waals surface area contributed by atoms with Crippen molar-refractivity contribution in [2.24, 2.45) is 28.6 Å². The van der Waals surface area contributed by atoms with Crippen molar-refractivity contribution in [3.8, 4) is 0 Å². The average Bonchev–Trinajstić information content (AvgIpc) is 2.85. The van der Waals surface area contributed by atoms with Gasteiger partial charge in [-0.1, -0.05) is 26.7 Å². The van der Waals surface area contributed by atoms with Gasteiger partial charge in [-0.05, 0) is 76.0 Å². The molecule has 3 aliphatic carbocycles. The second-order valence-corrected chi connectivity index (χ2v) is 14.0. The average molecular weight is 590 g/mol. The maximum atomic E-state index is 13.3. The van der Waals surface area contributed by atoms with Gasteiger partial charge in [0.1, 0.15) is 6.04 Å². The van der Waals surface area contributed by atoms with Crippen LogP contribution in [0.4, 0.5) is 0 Å². The molecule has 0 aromatic rings. The fraction of sp³-hybridized carbons (Fsp3) is 0.862. The third-order valence-corrected chi connectivity index (χ3v) is 11.5. The largest absolute Gasteiger partial charge is 0.481 e. The number of halogens is 2. The summed E-state index contributed by atoms with van der Waals surface area (Å²) in [5, 5.41) is 22.5. The predicted octanol–water partition coefficient (Wildman–Crippen LogP) is 5.29. The molecular formula is C29H46Cl2N2O6. The van der Waals surface area contributed by atoms with Gasteiger partial charge in [-0.25, -0.2) is 4.79 Å². The third kappa shape index (κ3) is 7.03. The fourth-order valence-electron chi connectivity index (χ4n) is 7.24. The number of nitrogens with one attached hydrogen (secondary N) is 1. The normalized spacial score (nSPS) is 35.4. The van der Waals surface area contributed by atoms with Crippen LogP contribution in [-0.2, 0) is 19.2 Å². The number of aliphatic carboxylic acids is 2. The van der Waals surface area contributed by atoms with Crippen molar-refractivity contribution in [2.45, 2.75) is 121 Å². The Morgan fingerprint density at radius 3 is 2.03 bits per heavy atom. The van der Waals surface area contributed by atoms with Gasteiger partial charge in [0.2, 0.25) is 11.8 Å². The molecule has 0 heterocycles. The lowest BCUT2D eigenvalue weighted by Gasteiger charge is -2.49. The van der Waals surface area contributed by atoms with E-state index in [1.165, 1.54) is 0 Å². The summed E-state index contributed by atoms with van der Waals surface area (Å²) in [6.07, 6.45) is 7.82. The SMILES string of the molecule is CC(=O)N(CC1C(Cl)CCCC1Cl)C1CCC(C[C@H](NC(=O)[C@H]2CCC[C@@](C)(C(=O)O)C2(C)C)C(=O)O)CC1. The number of alkyl halides is 2. The van der Waals surface area contributed by atoms with Crippen molar-refractivity contribution in [1.29, 1.82) is 0 Å². The Morgan fingerprint density at radius 1 is 0.923 bits per heavy atom. The molecule has 3 aliphatic rings. The van der Waals surface area contributed by atoms with Gasteiger partial charge >= 0.3 is 11.9 Å². The number of hydrogen-bond acceptors (Lipinski definition) is 4. The highest BCUT2D eigenvalue weighted by atomic mass is 35.5. The van der Waals surface area contributed by atoms with Gasteiger partial charge in [0.15, 0.2) is 0 Å². The second kappa shape index (κ2) is 13.0. The minimum absolute atomic E-state index is 0.0101. The van der Waals surface area contributed by atoms with E-state index in [4.69, 9.17) is 23.2 Å². The lowest BCUT2D eigenvalue weighted by atomic mass is 9.53. The first-order valence-corrected chi connectivity index (χ1v) is 15.4. The summed E-state index contributed by atoms with van der Waals surface area (Å²) in [7, 11) is 0. The van der Waals surface area contributed by atoms with Crippen molar-refractivity contribution in [2.75, 3.05) is 6.54 Å². The Morgan fingerprint density at radius 2 is 1.51 bits per heavy atom. The van der Waals surface area contributed by atoms with Crippen molar-refractivity contribution >= 4 is 47.0 Å². The summed E-state index contributed by atoms with van der Waals surface area (Å²) in [5.41, 5.74) is -1.88. The van der Waals surface area contributed by atoms with Gasteiger partial charge in [-0.15, -0.1) is 23.2 Å². The molecule has 3 fully saturated rings. The Hall–Kier alpha value is -1.54. The van der Waals surface area contributed by atoms with Gasteiger partial charge in [-0.3, -0.25) is 14.4 Å². The maximum absolute atomic E-state index is 13.3. The molecule has 10 heteroatoms. The van der Waals surface area contributed by atoms with E-state index in [1.54, 1.807) is 27.7 Å². The van der Waals surface area contributed by atoms with E-state index in [-0.39, 0.29) is 40.4 Å². The van der Waals surface area contributed by atoms with Crippen molar-refractivity contribution in [3.63, 3.8) is 0 Å². The van der Waals surface area contributed by atoms with Gasteiger partial charge in [0, 0.05) is 42.1 Å². The number of nitrogens with zero attached hydrogens (tertiary/aromatic N) is 1. The van der Waals surface area contributed by atoms with Crippen LogP contribution in [0.15, 0.2) is 0 Å². The summed E-state index contributed by atoms with van der Waals surface area (Å²) >= 11 is 13.2. The Balaban J connectivity index is 1.59. The second-order valence-electron chi connectivity index (χ2n) is 12.9. The van der Waals surface area contributed by atoms with Gasteiger partial charge in [-0.2, -0.15) is 0 Å². The molecule has 3 N–H and O–H groups in total. The minimum atomic E-state index is -1.08. The zero-order valence-corrected chi connectivity index (χ0v) is 25.3. The molecule has 2 unspecified atom stereocenters. The molecule has 39 heavy (non-hydrogen) atoms. The van der Waals surface area contributed by atoms with E-state index >= 15 is 0 Å². The standard InChI is InChI=1S/C29H46Cl2N2O6/c1-17(34)33(16-20-22(30)8-5-9-23(20)31)19-12-10-18(11-13-19)15-24(26(36)37)32-25(35)21-7-6-14-29(4,27(38)39)28(21,2)3/h18-24H,5-16H2,1-4H3,(H,32,35)(H,36,37)(H,38,39)/t18?,19?,20?,21-,22?,23?,24+,29+/m1/s1. The highest BCUT2D eigenvalue weighted by Crippen LogP contribution is 2.53. The highest BCUT2D eigenvalue weighted by Gasteiger charge is 2.55. The molecule has 3 saturated carbocycles. The predicted molar refractivity (Wildman–Crippen MR) is 151 cm³/mol. The number of amides is 2. The van der Waals surface area contributed by atoms with Crippen LogP contribution in [0.5, 0.6) is 0 Å². The van der Waals surface area contributed by atoms with Crippen LogP contribution in [0.2, 0.25) is 0 Å². The van der Waals surface area contributed by atoms with E-state index in [0.717, 1.165) is 44.9 Å². The minimum Gasteiger partial charge on any atom is -0.481 e. The quantitative estimate of drug-likeness (QED) is 0.314. The first-order chi connectivity index (χ1) is 18.2. The molecule has 0 radical (unpaired) electrons. The first kappa shape index (κ1) is 32.0. The molecule has 0 aromatic carbocycles. The number of carboxylic acid groups (broad SMARTS) is 2. The molecule has 0 bridgehead atoms. The Labute approximate surface area is 242 Å². The number of carbonyl (C=O) groups excluding carboxylic acids is 2. The zero-order chi connectivity index (χ0) is 29.1. The zero-order valence-electron chi connectivity index (χ0n) is 23.8. The van der Waals surface area contributed by atoms with Crippen molar-refractivity contribution < 1.29 is 29.4 Å². The van der Waals surface area contributed by atoms with Crippen molar-refractivity contribution in [3.05, 3.63) is 0 Å². The summed E-state index contributed by atoms with van der Waals surface area (Å²) in [6.45, 7) is 7.41.